The Hall–Kier alpha value is -2.35. The number of allylic oxidation sites excluding steroid dienone is 1. The van der Waals surface area contributed by atoms with Crippen LogP contribution in [-0.4, -0.2) is 11.1 Å². The molecule has 1 aliphatic carbocycles. The molecule has 0 heterocycles. The van der Waals surface area contributed by atoms with Crippen LogP contribution >= 0.6 is 0 Å². The second kappa shape index (κ2) is 5.13. The molecule has 1 N–H and O–H groups in total. The molecule has 0 radical (unpaired) electrons. The quantitative estimate of drug-likeness (QED) is 0.862. The summed E-state index contributed by atoms with van der Waals surface area (Å²) < 4.78 is 0. The molecule has 22 heavy (non-hydrogen) atoms. The summed E-state index contributed by atoms with van der Waals surface area (Å²) >= 11 is 0. The summed E-state index contributed by atoms with van der Waals surface area (Å²) in [6, 6.07) is 13.9. The van der Waals surface area contributed by atoms with Crippen molar-refractivity contribution < 1.29 is 9.90 Å². The van der Waals surface area contributed by atoms with Crippen molar-refractivity contribution in [3.8, 4) is 0 Å². The number of aromatic carboxylic acids is 1. The fraction of sp³-hybridized carbons (Fsp3) is 0.250. The molecule has 0 aliphatic heterocycles. The first-order valence-corrected chi connectivity index (χ1v) is 7.54. The number of carbonyl (C=O) groups is 1. The van der Waals surface area contributed by atoms with Crippen LogP contribution in [0.4, 0.5) is 0 Å². The predicted octanol–water partition coefficient (Wildman–Crippen LogP) is 4.81. The second-order valence-electron chi connectivity index (χ2n) is 6.61. The molecule has 2 aromatic carbocycles. The molecule has 0 spiro atoms. The fourth-order valence-corrected chi connectivity index (χ4v) is 3.15. The smallest absolute Gasteiger partial charge is 0.336 e. The molecule has 2 aromatic rings. The van der Waals surface area contributed by atoms with Crippen molar-refractivity contribution in [1.82, 2.24) is 0 Å². The van der Waals surface area contributed by atoms with Crippen molar-refractivity contribution >= 4 is 11.5 Å². The normalized spacial score (nSPS) is 15.9. The van der Waals surface area contributed by atoms with Crippen LogP contribution in [0, 0.1) is 6.92 Å². The maximum Gasteiger partial charge on any atom is 0.336 e. The van der Waals surface area contributed by atoms with Crippen LogP contribution in [0.5, 0.6) is 0 Å². The Bertz CT molecular complexity index is 765. The molecule has 0 amide bonds. The van der Waals surface area contributed by atoms with E-state index in [4.69, 9.17) is 0 Å². The molecular formula is C20H20O2. The molecule has 0 bridgehead atoms. The first-order chi connectivity index (χ1) is 10.4. The van der Waals surface area contributed by atoms with E-state index in [-0.39, 0.29) is 5.41 Å². The number of fused-ring (bicyclic) bond motifs is 1. The van der Waals surface area contributed by atoms with E-state index in [2.05, 4.69) is 57.2 Å². The number of benzene rings is 2. The van der Waals surface area contributed by atoms with Crippen LogP contribution in [0.25, 0.3) is 5.57 Å². The SMILES string of the molecule is Cc1ccc(C2=CCC(C)(C)c3cccc(C(=O)O)c32)cc1. The highest BCUT2D eigenvalue weighted by Gasteiger charge is 2.31. The van der Waals surface area contributed by atoms with Gasteiger partial charge in [0.25, 0.3) is 0 Å². The predicted molar refractivity (Wildman–Crippen MR) is 89.3 cm³/mol. The molecule has 0 aromatic heterocycles. The first kappa shape index (κ1) is 14.6. The summed E-state index contributed by atoms with van der Waals surface area (Å²) in [6.07, 6.45) is 3.09. The average Bonchev–Trinajstić information content (AvgIpc) is 2.48. The van der Waals surface area contributed by atoms with Gasteiger partial charge < -0.3 is 5.11 Å². The van der Waals surface area contributed by atoms with Crippen molar-refractivity contribution in [2.24, 2.45) is 0 Å². The first-order valence-electron chi connectivity index (χ1n) is 7.54. The summed E-state index contributed by atoms with van der Waals surface area (Å²) in [5.41, 5.74) is 5.64. The Morgan fingerprint density at radius 1 is 1.09 bits per heavy atom. The fourth-order valence-electron chi connectivity index (χ4n) is 3.15. The van der Waals surface area contributed by atoms with Gasteiger partial charge in [-0.25, -0.2) is 4.79 Å². The zero-order chi connectivity index (χ0) is 15.9. The number of aryl methyl sites for hydroxylation is 1. The van der Waals surface area contributed by atoms with Crippen molar-refractivity contribution in [3.05, 3.63) is 76.4 Å². The zero-order valence-electron chi connectivity index (χ0n) is 13.2. The number of hydrogen-bond donors (Lipinski definition) is 1. The highest BCUT2D eigenvalue weighted by atomic mass is 16.4. The van der Waals surface area contributed by atoms with E-state index >= 15 is 0 Å². The van der Waals surface area contributed by atoms with Crippen LogP contribution in [0.1, 0.15) is 52.9 Å². The lowest BCUT2D eigenvalue weighted by atomic mass is 9.71. The summed E-state index contributed by atoms with van der Waals surface area (Å²) in [5.74, 6) is -0.868. The number of hydrogen-bond acceptors (Lipinski definition) is 1. The van der Waals surface area contributed by atoms with E-state index in [1.165, 1.54) is 5.56 Å². The van der Waals surface area contributed by atoms with Gasteiger partial charge in [0.05, 0.1) is 5.56 Å². The van der Waals surface area contributed by atoms with Gasteiger partial charge >= 0.3 is 5.97 Å². The highest BCUT2D eigenvalue weighted by Crippen LogP contribution is 2.42. The van der Waals surface area contributed by atoms with E-state index in [1.54, 1.807) is 6.07 Å². The molecule has 3 rings (SSSR count). The molecule has 112 valence electrons. The molecule has 2 heteroatoms. The molecule has 0 atom stereocenters. The van der Waals surface area contributed by atoms with E-state index < -0.39 is 5.97 Å². The van der Waals surface area contributed by atoms with E-state index in [0.717, 1.165) is 28.7 Å². The van der Waals surface area contributed by atoms with Gasteiger partial charge in [-0.05, 0) is 41.5 Å². The summed E-state index contributed by atoms with van der Waals surface area (Å²) in [6.45, 7) is 6.39. The Morgan fingerprint density at radius 3 is 2.41 bits per heavy atom. The maximum atomic E-state index is 11.7. The standard InChI is InChI=1S/C20H20O2/c1-13-7-9-14(10-8-13)15-11-12-20(2,3)17-6-4-5-16(18(15)17)19(21)22/h4-11H,12H2,1-3H3,(H,21,22). The van der Waals surface area contributed by atoms with Gasteiger partial charge in [-0.2, -0.15) is 0 Å². The van der Waals surface area contributed by atoms with Gasteiger partial charge in [-0.3, -0.25) is 0 Å². The van der Waals surface area contributed by atoms with Crippen molar-refractivity contribution in [1.29, 1.82) is 0 Å². The van der Waals surface area contributed by atoms with Gasteiger partial charge in [-0.15, -0.1) is 0 Å². The summed E-state index contributed by atoms with van der Waals surface area (Å²) in [5, 5.41) is 9.59. The van der Waals surface area contributed by atoms with Crippen molar-refractivity contribution in [2.45, 2.75) is 32.6 Å². The Kier molecular flexibility index (Phi) is 3.40. The van der Waals surface area contributed by atoms with Crippen molar-refractivity contribution in [2.75, 3.05) is 0 Å². The number of rotatable bonds is 2. The minimum absolute atomic E-state index is 0.0466. The highest BCUT2D eigenvalue weighted by molar-refractivity contribution is 5.98. The van der Waals surface area contributed by atoms with Crippen molar-refractivity contribution in [3.63, 3.8) is 0 Å². The lowest BCUT2D eigenvalue weighted by Crippen LogP contribution is -2.23. The largest absolute Gasteiger partial charge is 0.478 e. The van der Waals surface area contributed by atoms with E-state index in [9.17, 15) is 9.90 Å². The minimum atomic E-state index is -0.868. The van der Waals surface area contributed by atoms with Crippen LogP contribution in [0.2, 0.25) is 0 Å². The van der Waals surface area contributed by atoms with Crippen LogP contribution in [0.3, 0.4) is 0 Å². The van der Waals surface area contributed by atoms with Crippen LogP contribution < -0.4 is 0 Å². The van der Waals surface area contributed by atoms with Gasteiger partial charge in [0.15, 0.2) is 0 Å². The molecule has 2 nitrogen and oxygen atoms in total. The number of carboxylic acid groups (broad SMARTS) is 1. The Labute approximate surface area is 131 Å². The molecule has 0 saturated heterocycles. The van der Waals surface area contributed by atoms with Crippen LogP contribution in [-0.2, 0) is 5.41 Å². The van der Waals surface area contributed by atoms with Crippen LogP contribution in [0.15, 0.2) is 48.5 Å². The third-order valence-electron chi connectivity index (χ3n) is 4.47. The molecular weight excluding hydrogens is 272 g/mol. The molecule has 0 saturated carbocycles. The van der Waals surface area contributed by atoms with Gasteiger partial charge in [-0.1, -0.05) is 61.9 Å². The van der Waals surface area contributed by atoms with Gasteiger partial charge in [0.1, 0.15) is 0 Å². The maximum absolute atomic E-state index is 11.7. The van der Waals surface area contributed by atoms with Gasteiger partial charge in [0, 0.05) is 5.56 Å². The summed E-state index contributed by atoms with van der Waals surface area (Å²) in [4.78, 5) is 11.7. The Morgan fingerprint density at radius 2 is 1.77 bits per heavy atom. The Balaban J connectivity index is 2.26. The third-order valence-corrected chi connectivity index (χ3v) is 4.47. The molecule has 1 aliphatic rings. The second-order valence-corrected chi connectivity index (χ2v) is 6.61. The lowest BCUT2D eigenvalue weighted by molar-refractivity contribution is 0.0696. The molecule has 0 unspecified atom stereocenters. The van der Waals surface area contributed by atoms with E-state index in [0.29, 0.717) is 5.56 Å². The number of carboxylic acids is 1. The average molecular weight is 292 g/mol. The topological polar surface area (TPSA) is 37.3 Å². The monoisotopic (exact) mass is 292 g/mol. The lowest BCUT2D eigenvalue weighted by Gasteiger charge is -2.33. The van der Waals surface area contributed by atoms with Gasteiger partial charge in [0.2, 0.25) is 0 Å². The minimum Gasteiger partial charge on any atom is -0.478 e. The summed E-state index contributed by atoms with van der Waals surface area (Å²) in [7, 11) is 0. The van der Waals surface area contributed by atoms with E-state index in [1.807, 2.05) is 6.07 Å². The molecule has 0 fully saturated rings. The zero-order valence-corrected chi connectivity index (χ0v) is 13.2. The third kappa shape index (κ3) is 2.35.